The predicted molar refractivity (Wildman–Crippen MR) is 58.4 cm³/mol. The number of rotatable bonds is 2. The Bertz CT molecular complexity index is 284. The van der Waals surface area contributed by atoms with Crippen molar-refractivity contribution in [2.45, 2.75) is 38.1 Å². The lowest BCUT2D eigenvalue weighted by Gasteiger charge is -2.08. The first-order chi connectivity index (χ1) is 6.40. The van der Waals surface area contributed by atoms with Crippen LogP contribution in [0.15, 0.2) is 12.3 Å². The third-order valence-electron chi connectivity index (χ3n) is 2.68. The van der Waals surface area contributed by atoms with Gasteiger partial charge in [0.1, 0.15) is 5.82 Å². The minimum Gasteiger partial charge on any atom is -0.324 e. The Morgan fingerprint density at radius 1 is 1.36 bits per heavy atom. The van der Waals surface area contributed by atoms with Gasteiger partial charge in [0.25, 0.3) is 0 Å². The predicted octanol–water partition coefficient (Wildman–Crippen LogP) is 2.01. The SMILES string of the molecule is Cl.NCc1nccc(C2CCCC2)n1. The first-order valence-electron chi connectivity index (χ1n) is 4.92. The van der Waals surface area contributed by atoms with Crippen molar-refractivity contribution in [2.75, 3.05) is 0 Å². The standard InChI is InChI=1S/C10H15N3.ClH/c11-7-10-12-6-5-9(13-10)8-3-1-2-4-8;/h5-6,8H,1-4,7,11H2;1H. The number of aromatic nitrogens is 2. The highest BCUT2D eigenvalue weighted by atomic mass is 35.5. The summed E-state index contributed by atoms with van der Waals surface area (Å²) < 4.78 is 0. The number of halogens is 1. The molecule has 14 heavy (non-hydrogen) atoms. The Morgan fingerprint density at radius 2 is 2.07 bits per heavy atom. The summed E-state index contributed by atoms with van der Waals surface area (Å²) in [6.45, 7) is 0.445. The number of hydrogen-bond acceptors (Lipinski definition) is 3. The van der Waals surface area contributed by atoms with Gasteiger partial charge in [0.15, 0.2) is 0 Å². The van der Waals surface area contributed by atoms with Gasteiger partial charge in [-0.1, -0.05) is 12.8 Å². The molecule has 0 spiro atoms. The summed E-state index contributed by atoms with van der Waals surface area (Å²) in [5.41, 5.74) is 6.68. The van der Waals surface area contributed by atoms with E-state index in [0.29, 0.717) is 12.5 Å². The molecule has 1 fully saturated rings. The average molecular weight is 214 g/mol. The zero-order valence-electron chi connectivity index (χ0n) is 8.15. The van der Waals surface area contributed by atoms with Crippen LogP contribution >= 0.6 is 12.4 Å². The lowest BCUT2D eigenvalue weighted by molar-refractivity contribution is 0.683. The Kier molecular flexibility index (Phi) is 4.29. The zero-order valence-corrected chi connectivity index (χ0v) is 8.96. The summed E-state index contributed by atoms with van der Waals surface area (Å²) in [4.78, 5) is 8.53. The number of nitrogens with zero attached hydrogens (tertiary/aromatic N) is 2. The third-order valence-corrected chi connectivity index (χ3v) is 2.68. The Hall–Kier alpha value is -0.670. The largest absolute Gasteiger partial charge is 0.324 e. The van der Waals surface area contributed by atoms with Crippen molar-refractivity contribution in [3.05, 3.63) is 23.8 Å². The molecule has 0 amide bonds. The maximum Gasteiger partial charge on any atom is 0.142 e. The van der Waals surface area contributed by atoms with Crippen LogP contribution in [-0.2, 0) is 6.54 Å². The molecular formula is C10H16ClN3. The smallest absolute Gasteiger partial charge is 0.142 e. The van der Waals surface area contributed by atoms with E-state index in [-0.39, 0.29) is 12.4 Å². The molecule has 0 saturated heterocycles. The van der Waals surface area contributed by atoms with E-state index in [1.54, 1.807) is 0 Å². The molecule has 0 unspecified atom stereocenters. The molecule has 0 aliphatic heterocycles. The minimum absolute atomic E-state index is 0. The highest BCUT2D eigenvalue weighted by Crippen LogP contribution is 2.32. The maximum atomic E-state index is 5.49. The molecule has 1 aromatic rings. The van der Waals surface area contributed by atoms with Crippen LogP contribution in [0.1, 0.15) is 43.1 Å². The van der Waals surface area contributed by atoms with Crippen LogP contribution in [0.3, 0.4) is 0 Å². The summed E-state index contributed by atoms with van der Waals surface area (Å²) in [5, 5.41) is 0. The molecule has 0 radical (unpaired) electrons. The van der Waals surface area contributed by atoms with E-state index in [0.717, 1.165) is 5.82 Å². The quantitative estimate of drug-likeness (QED) is 0.818. The van der Waals surface area contributed by atoms with Crippen molar-refractivity contribution < 1.29 is 0 Å². The fourth-order valence-electron chi connectivity index (χ4n) is 1.96. The Balaban J connectivity index is 0.000000980. The van der Waals surface area contributed by atoms with Gasteiger partial charge < -0.3 is 5.73 Å². The van der Waals surface area contributed by atoms with E-state index < -0.39 is 0 Å². The van der Waals surface area contributed by atoms with Gasteiger partial charge in [-0.25, -0.2) is 9.97 Å². The van der Waals surface area contributed by atoms with Gasteiger partial charge >= 0.3 is 0 Å². The van der Waals surface area contributed by atoms with Crippen molar-refractivity contribution in [3.63, 3.8) is 0 Å². The molecular weight excluding hydrogens is 198 g/mol. The highest BCUT2D eigenvalue weighted by Gasteiger charge is 2.18. The van der Waals surface area contributed by atoms with Crippen molar-refractivity contribution in [1.82, 2.24) is 9.97 Å². The van der Waals surface area contributed by atoms with E-state index in [4.69, 9.17) is 5.73 Å². The topological polar surface area (TPSA) is 51.8 Å². The van der Waals surface area contributed by atoms with Crippen LogP contribution in [-0.4, -0.2) is 9.97 Å². The molecule has 1 aliphatic carbocycles. The van der Waals surface area contributed by atoms with E-state index in [1.807, 2.05) is 12.3 Å². The molecule has 78 valence electrons. The highest BCUT2D eigenvalue weighted by molar-refractivity contribution is 5.85. The van der Waals surface area contributed by atoms with Crippen LogP contribution in [0.5, 0.6) is 0 Å². The van der Waals surface area contributed by atoms with Gasteiger partial charge in [0, 0.05) is 17.8 Å². The van der Waals surface area contributed by atoms with Crippen LogP contribution in [0, 0.1) is 0 Å². The first kappa shape index (κ1) is 11.4. The van der Waals surface area contributed by atoms with Crippen molar-refractivity contribution >= 4 is 12.4 Å². The first-order valence-corrected chi connectivity index (χ1v) is 4.92. The molecule has 0 bridgehead atoms. The lowest BCUT2D eigenvalue weighted by atomic mass is 10.0. The monoisotopic (exact) mass is 213 g/mol. The van der Waals surface area contributed by atoms with Gasteiger partial charge in [-0.3, -0.25) is 0 Å². The fraction of sp³-hybridized carbons (Fsp3) is 0.600. The van der Waals surface area contributed by atoms with Gasteiger partial charge in [-0.2, -0.15) is 0 Å². The van der Waals surface area contributed by atoms with Crippen LogP contribution in [0.2, 0.25) is 0 Å². The molecule has 2 N–H and O–H groups in total. The molecule has 1 saturated carbocycles. The molecule has 1 aromatic heterocycles. The second-order valence-electron chi connectivity index (χ2n) is 3.58. The second kappa shape index (κ2) is 5.27. The van der Waals surface area contributed by atoms with E-state index in [1.165, 1.54) is 31.4 Å². The number of nitrogens with two attached hydrogens (primary N) is 1. The second-order valence-corrected chi connectivity index (χ2v) is 3.58. The van der Waals surface area contributed by atoms with Crippen LogP contribution < -0.4 is 5.73 Å². The van der Waals surface area contributed by atoms with E-state index >= 15 is 0 Å². The normalized spacial score (nSPS) is 16.6. The summed E-state index contributed by atoms with van der Waals surface area (Å²) in [7, 11) is 0. The Morgan fingerprint density at radius 3 is 2.71 bits per heavy atom. The molecule has 4 heteroatoms. The summed E-state index contributed by atoms with van der Waals surface area (Å²) >= 11 is 0. The van der Waals surface area contributed by atoms with Crippen LogP contribution in [0.25, 0.3) is 0 Å². The van der Waals surface area contributed by atoms with Crippen LogP contribution in [0.4, 0.5) is 0 Å². The summed E-state index contributed by atoms with van der Waals surface area (Å²) in [6.07, 6.45) is 7.06. The molecule has 0 aromatic carbocycles. The summed E-state index contributed by atoms with van der Waals surface area (Å²) in [6, 6.07) is 2.02. The Labute approximate surface area is 90.5 Å². The molecule has 2 rings (SSSR count). The van der Waals surface area contributed by atoms with Crippen molar-refractivity contribution in [1.29, 1.82) is 0 Å². The molecule has 0 atom stereocenters. The van der Waals surface area contributed by atoms with Gasteiger partial charge in [0.2, 0.25) is 0 Å². The maximum absolute atomic E-state index is 5.49. The molecule has 3 nitrogen and oxygen atoms in total. The molecule has 1 heterocycles. The van der Waals surface area contributed by atoms with E-state index in [2.05, 4.69) is 9.97 Å². The van der Waals surface area contributed by atoms with Gasteiger partial charge in [-0.15, -0.1) is 12.4 Å². The van der Waals surface area contributed by atoms with Gasteiger partial charge in [-0.05, 0) is 18.9 Å². The van der Waals surface area contributed by atoms with Crippen molar-refractivity contribution in [2.24, 2.45) is 5.73 Å². The van der Waals surface area contributed by atoms with E-state index in [9.17, 15) is 0 Å². The van der Waals surface area contributed by atoms with Crippen molar-refractivity contribution in [3.8, 4) is 0 Å². The summed E-state index contributed by atoms with van der Waals surface area (Å²) in [5.74, 6) is 1.43. The lowest BCUT2D eigenvalue weighted by Crippen LogP contribution is -2.06. The van der Waals surface area contributed by atoms with Gasteiger partial charge in [0.05, 0.1) is 6.54 Å². The minimum atomic E-state index is 0. The zero-order chi connectivity index (χ0) is 9.10. The molecule has 1 aliphatic rings. The average Bonchev–Trinajstić information content (AvgIpc) is 2.71. The fourth-order valence-corrected chi connectivity index (χ4v) is 1.96. The number of hydrogen-bond donors (Lipinski definition) is 1. The third kappa shape index (κ3) is 2.42.